The number of aliphatic hydroxyl groups is 1. The van der Waals surface area contributed by atoms with Crippen molar-refractivity contribution in [3.05, 3.63) is 17.7 Å². The predicted molar refractivity (Wildman–Crippen MR) is 76.6 cm³/mol. The zero-order valence-corrected chi connectivity index (χ0v) is 12.5. The van der Waals surface area contributed by atoms with Crippen molar-refractivity contribution in [2.24, 2.45) is 5.73 Å². The van der Waals surface area contributed by atoms with Crippen molar-refractivity contribution in [1.29, 1.82) is 0 Å². The first-order valence-corrected chi connectivity index (χ1v) is 5.82. The Balaban J connectivity index is 0.00000324. The van der Waals surface area contributed by atoms with E-state index in [4.69, 9.17) is 19.9 Å². The predicted octanol–water partition coefficient (Wildman–Crippen LogP) is 1.90. The van der Waals surface area contributed by atoms with E-state index in [0.717, 1.165) is 0 Å². The molecule has 0 amide bonds. The molecule has 3 N–H and O–H groups in total. The van der Waals surface area contributed by atoms with E-state index < -0.39 is 12.1 Å². The highest BCUT2D eigenvalue weighted by Gasteiger charge is 2.21. The number of benzene rings is 1. The fourth-order valence-corrected chi connectivity index (χ4v) is 1.77. The van der Waals surface area contributed by atoms with Crippen molar-refractivity contribution in [2.45, 2.75) is 25.5 Å². The van der Waals surface area contributed by atoms with E-state index >= 15 is 0 Å². The van der Waals surface area contributed by atoms with Crippen molar-refractivity contribution in [2.75, 3.05) is 21.3 Å². The molecule has 6 heteroatoms. The maximum Gasteiger partial charge on any atom is 0.164 e. The zero-order valence-electron chi connectivity index (χ0n) is 11.7. The molecule has 110 valence electrons. The molecule has 19 heavy (non-hydrogen) atoms. The van der Waals surface area contributed by atoms with Gasteiger partial charge < -0.3 is 25.1 Å². The van der Waals surface area contributed by atoms with Crippen LogP contribution in [0.25, 0.3) is 0 Å². The smallest absolute Gasteiger partial charge is 0.164 e. The largest absolute Gasteiger partial charge is 0.496 e. The van der Waals surface area contributed by atoms with Crippen LogP contribution in [0.2, 0.25) is 0 Å². The Morgan fingerprint density at radius 1 is 1.05 bits per heavy atom. The summed E-state index contributed by atoms with van der Waals surface area (Å²) in [5, 5.41) is 9.84. The molecule has 0 spiro atoms. The first-order valence-electron chi connectivity index (χ1n) is 5.82. The molecule has 0 bridgehead atoms. The quantitative estimate of drug-likeness (QED) is 0.837. The van der Waals surface area contributed by atoms with E-state index in [9.17, 15) is 5.11 Å². The normalized spacial score (nSPS) is 13.2. The van der Waals surface area contributed by atoms with Gasteiger partial charge in [0.25, 0.3) is 0 Å². The van der Waals surface area contributed by atoms with Crippen LogP contribution in [0.5, 0.6) is 17.2 Å². The Hall–Kier alpha value is -1.17. The summed E-state index contributed by atoms with van der Waals surface area (Å²) < 4.78 is 15.7. The zero-order chi connectivity index (χ0) is 13.7. The number of hydrogen-bond donors (Lipinski definition) is 2. The van der Waals surface area contributed by atoms with Crippen molar-refractivity contribution in [1.82, 2.24) is 0 Å². The number of aliphatic hydroxyl groups excluding tert-OH is 1. The topological polar surface area (TPSA) is 73.9 Å². The van der Waals surface area contributed by atoms with E-state index in [1.165, 1.54) is 0 Å². The maximum atomic E-state index is 9.84. The first-order chi connectivity index (χ1) is 8.58. The number of halogens is 1. The third-order valence-corrected chi connectivity index (χ3v) is 2.93. The van der Waals surface area contributed by atoms with Gasteiger partial charge >= 0.3 is 0 Å². The number of nitrogens with two attached hydrogens (primary N) is 1. The van der Waals surface area contributed by atoms with Gasteiger partial charge in [-0.2, -0.15) is 0 Å². The van der Waals surface area contributed by atoms with E-state index in [2.05, 4.69) is 0 Å². The highest BCUT2D eigenvalue weighted by Crippen LogP contribution is 2.37. The van der Waals surface area contributed by atoms with Crippen LogP contribution in [0.4, 0.5) is 0 Å². The summed E-state index contributed by atoms with van der Waals surface area (Å²) in [4.78, 5) is 0. The molecule has 5 nitrogen and oxygen atoms in total. The fourth-order valence-electron chi connectivity index (χ4n) is 1.77. The monoisotopic (exact) mass is 291 g/mol. The van der Waals surface area contributed by atoms with Gasteiger partial charge in [-0.05, 0) is 12.5 Å². The number of rotatable bonds is 6. The minimum absolute atomic E-state index is 0. The van der Waals surface area contributed by atoms with Crippen LogP contribution in [0.1, 0.15) is 24.9 Å². The van der Waals surface area contributed by atoms with Crippen LogP contribution in [-0.4, -0.2) is 32.5 Å². The standard InChI is InChI=1S/C13H21NO4.ClH/c1-5-9(15)13(14)8-6-11(17-3)12(18-4)7-10(8)16-2;/h6-7,9,13,15H,5,14H2,1-4H3;1H/t9-,13+;/m1./s1. The average Bonchev–Trinajstić information content (AvgIpc) is 2.43. The van der Waals surface area contributed by atoms with Crippen LogP contribution in [0.15, 0.2) is 12.1 Å². The molecule has 0 aromatic heterocycles. The summed E-state index contributed by atoms with van der Waals surface area (Å²) in [7, 11) is 4.66. The van der Waals surface area contributed by atoms with Gasteiger partial charge in [0.05, 0.1) is 33.5 Å². The lowest BCUT2D eigenvalue weighted by molar-refractivity contribution is 0.139. The average molecular weight is 292 g/mol. The molecular formula is C13H22ClNO4. The van der Waals surface area contributed by atoms with E-state index in [1.54, 1.807) is 33.5 Å². The summed E-state index contributed by atoms with van der Waals surface area (Å²) in [6.45, 7) is 1.87. The van der Waals surface area contributed by atoms with Gasteiger partial charge in [-0.1, -0.05) is 6.92 Å². The van der Waals surface area contributed by atoms with Gasteiger partial charge in [-0.15, -0.1) is 12.4 Å². The molecule has 0 saturated heterocycles. The van der Waals surface area contributed by atoms with E-state index in [-0.39, 0.29) is 12.4 Å². The van der Waals surface area contributed by atoms with Gasteiger partial charge in [0.1, 0.15) is 5.75 Å². The Morgan fingerprint density at radius 2 is 1.53 bits per heavy atom. The highest BCUT2D eigenvalue weighted by molar-refractivity contribution is 5.85. The van der Waals surface area contributed by atoms with Crippen molar-refractivity contribution in [3.63, 3.8) is 0 Å². The molecule has 1 rings (SSSR count). The van der Waals surface area contributed by atoms with Crippen molar-refractivity contribution >= 4 is 12.4 Å². The molecule has 1 aromatic carbocycles. The Labute approximate surface area is 120 Å². The second kappa shape index (κ2) is 8.09. The van der Waals surface area contributed by atoms with Gasteiger partial charge in [-0.25, -0.2) is 0 Å². The molecule has 0 fully saturated rings. The number of hydrogen-bond acceptors (Lipinski definition) is 5. The van der Waals surface area contributed by atoms with Crippen LogP contribution >= 0.6 is 12.4 Å². The summed E-state index contributed by atoms with van der Waals surface area (Å²) in [5.41, 5.74) is 6.71. The minimum Gasteiger partial charge on any atom is -0.496 e. The van der Waals surface area contributed by atoms with Crippen LogP contribution in [0.3, 0.4) is 0 Å². The molecule has 0 unspecified atom stereocenters. The molecule has 0 aliphatic carbocycles. The van der Waals surface area contributed by atoms with E-state index in [0.29, 0.717) is 29.2 Å². The Kier molecular flexibility index (Phi) is 7.59. The van der Waals surface area contributed by atoms with Crippen LogP contribution < -0.4 is 19.9 Å². The SMILES string of the molecule is CC[C@@H](O)[C@@H](N)c1cc(OC)c(OC)cc1OC.Cl. The van der Waals surface area contributed by atoms with Crippen LogP contribution in [-0.2, 0) is 0 Å². The maximum absolute atomic E-state index is 9.84. The highest BCUT2D eigenvalue weighted by atomic mass is 35.5. The second-order valence-electron chi connectivity index (χ2n) is 3.95. The summed E-state index contributed by atoms with van der Waals surface area (Å²) >= 11 is 0. The molecular weight excluding hydrogens is 270 g/mol. The molecule has 0 aliphatic heterocycles. The molecule has 2 atom stereocenters. The molecule has 1 aromatic rings. The molecule has 0 aliphatic rings. The third-order valence-electron chi connectivity index (χ3n) is 2.93. The lowest BCUT2D eigenvalue weighted by Crippen LogP contribution is -2.26. The van der Waals surface area contributed by atoms with Crippen LogP contribution in [0, 0.1) is 0 Å². The first kappa shape index (κ1) is 17.8. The summed E-state index contributed by atoms with van der Waals surface area (Å²) in [6.07, 6.45) is -0.0597. The Morgan fingerprint density at radius 3 is 1.95 bits per heavy atom. The lowest BCUT2D eigenvalue weighted by Gasteiger charge is -2.21. The minimum atomic E-state index is -0.628. The van der Waals surface area contributed by atoms with Gasteiger partial charge in [0.15, 0.2) is 11.5 Å². The van der Waals surface area contributed by atoms with Gasteiger partial charge in [0, 0.05) is 11.6 Å². The fraction of sp³-hybridized carbons (Fsp3) is 0.538. The number of ether oxygens (including phenoxy) is 3. The summed E-state index contributed by atoms with van der Waals surface area (Å²) in [5.74, 6) is 1.70. The lowest BCUT2D eigenvalue weighted by atomic mass is 9.99. The summed E-state index contributed by atoms with van der Waals surface area (Å²) in [6, 6.07) is 2.92. The van der Waals surface area contributed by atoms with Crippen molar-refractivity contribution in [3.8, 4) is 17.2 Å². The third kappa shape index (κ3) is 3.89. The molecule has 0 saturated carbocycles. The molecule has 0 radical (unpaired) electrons. The number of methoxy groups -OCH3 is 3. The second-order valence-corrected chi connectivity index (χ2v) is 3.95. The van der Waals surface area contributed by atoms with Crippen molar-refractivity contribution < 1.29 is 19.3 Å². The van der Waals surface area contributed by atoms with Gasteiger partial charge in [0.2, 0.25) is 0 Å². The van der Waals surface area contributed by atoms with E-state index in [1.807, 2.05) is 6.92 Å². The Bertz CT molecular complexity index is 400. The van der Waals surface area contributed by atoms with Gasteiger partial charge in [-0.3, -0.25) is 0 Å². The molecule has 0 heterocycles.